The zero-order valence-corrected chi connectivity index (χ0v) is 9.66. The third-order valence-corrected chi connectivity index (χ3v) is 3.08. The Labute approximate surface area is 92.3 Å². The van der Waals surface area contributed by atoms with Gasteiger partial charge in [-0.05, 0) is 31.0 Å². The Bertz CT molecular complexity index is 305. The summed E-state index contributed by atoms with van der Waals surface area (Å²) in [7, 11) is 0. The number of anilines is 1. The number of aryl methyl sites for hydroxylation is 1. The number of nitrogens with zero attached hydrogens (tertiary/aromatic N) is 1. The van der Waals surface area contributed by atoms with Crippen LogP contribution in [0.1, 0.15) is 19.4 Å². The van der Waals surface area contributed by atoms with Gasteiger partial charge in [-0.3, -0.25) is 0 Å². The molecule has 0 radical (unpaired) electrons. The van der Waals surface area contributed by atoms with E-state index >= 15 is 0 Å². The first-order chi connectivity index (χ1) is 7.29. The second-order valence-electron chi connectivity index (χ2n) is 4.32. The van der Waals surface area contributed by atoms with E-state index in [1.54, 1.807) is 0 Å². The molecule has 0 unspecified atom stereocenters. The Hall–Kier alpha value is -1.02. The summed E-state index contributed by atoms with van der Waals surface area (Å²) < 4.78 is 0. The van der Waals surface area contributed by atoms with Crippen molar-refractivity contribution in [3.63, 3.8) is 0 Å². The lowest BCUT2D eigenvalue weighted by atomic mass is 10.1. The van der Waals surface area contributed by atoms with Crippen LogP contribution in [0.2, 0.25) is 0 Å². The van der Waals surface area contributed by atoms with E-state index < -0.39 is 0 Å². The van der Waals surface area contributed by atoms with Gasteiger partial charge in [-0.1, -0.05) is 19.1 Å². The van der Waals surface area contributed by atoms with Gasteiger partial charge in [0.1, 0.15) is 0 Å². The molecule has 15 heavy (non-hydrogen) atoms. The maximum absolute atomic E-state index is 3.46. The van der Waals surface area contributed by atoms with Crippen molar-refractivity contribution in [2.75, 3.05) is 24.5 Å². The Morgan fingerprint density at radius 1 is 1.33 bits per heavy atom. The van der Waals surface area contributed by atoms with E-state index in [1.165, 1.54) is 11.3 Å². The summed E-state index contributed by atoms with van der Waals surface area (Å²) >= 11 is 0. The van der Waals surface area contributed by atoms with Gasteiger partial charge in [-0.15, -0.1) is 0 Å². The summed E-state index contributed by atoms with van der Waals surface area (Å²) in [4.78, 5) is 2.46. The molecule has 1 atom stereocenters. The average Bonchev–Trinajstić information content (AvgIpc) is 2.29. The normalized spacial score (nSPS) is 21.7. The molecule has 0 amide bonds. The lowest BCUT2D eigenvalue weighted by Gasteiger charge is -2.33. The van der Waals surface area contributed by atoms with Gasteiger partial charge in [0.15, 0.2) is 0 Å². The van der Waals surface area contributed by atoms with Crippen molar-refractivity contribution < 1.29 is 0 Å². The molecule has 1 saturated heterocycles. The Kier molecular flexibility index (Phi) is 3.27. The van der Waals surface area contributed by atoms with Crippen LogP contribution < -0.4 is 10.2 Å². The van der Waals surface area contributed by atoms with Crippen LogP contribution in [0.3, 0.4) is 0 Å². The van der Waals surface area contributed by atoms with Crippen LogP contribution in [0.25, 0.3) is 0 Å². The van der Waals surface area contributed by atoms with Crippen molar-refractivity contribution in [1.82, 2.24) is 5.32 Å². The number of rotatable bonds is 2. The third kappa shape index (κ3) is 2.51. The van der Waals surface area contributed by atoms with Gasteiger partial charge >= 0.3 is 0 Å². The molecule has 0 aromatic heterocycles. The van der Waals surface area contributed by atoms with Crippen molar-refractivity contribution in [2.45, 2.75) is 26.3 Å². The van der Waals surface area contributed by atoms with Gasteiger partial charge in [0.25, 0.3) is 0 Å². The quantitative estimate of drug-likeness (QED) is 0.793. The maximum Gasteiger partial charge on any atom is 0.0367 e. The predicted molar refractivity (Wildman–Crippen MR) is 65.5 cm³/mol. The van der Waals surface area contributed by atoms with Crippen LogP contribution >= 0.6 is 0 Å². The molecule has 1 aromatic carbocycles. The molecule has 0 spiro atoms. The number of hydrogen-bond donors (Lipinski definition) is 1. The molecule has 1 heterocycles. The van der Waals surface area contributed by atoms with E-state index in [9.17, 15) is 0 Å². The maximum atomic E-state index is 3.46. The first-order valence-electron chi connectivity index (χ1n) is 5.87. The monoisotopic (exact) mass is 204 g/mol. The van der Waals surface area contributed by atoms with Crippen LogP contribution in [0, 0.1) is 0 Å². The minimum absolute atomic E-state index is 0.601. The van der Waals surface area contributed by atoms with Crippen molar-refractivity contribution >= 4 is 5.69 Å². The first-order valence-corrected chi connectivity index (χ1v) is 5.87. The third-order valence-electron chi connectivity index (χ3n) is 3.08. The highest BCUT2D eigenvalue weighted by Gasteiger charge is 2.15. The Balaban J connectivity index is 2.07. The van der Waals surface area contributed by atoms with Crippen LogP contribution in [-0.2, 0) is 6.42 Å². The lowest BCUT2D eigenvalue weighted by Crippen LogP contribution is -2.49. The minimum atomic E-state index is 0.601. The molecule has 1 aliphatic heterocycles. The number of benzene rings is 1. The van der Waals surface area contributed by atoms with Gasteiger partial charge in [-0.2, -0.15) is 0 Å². The molecule has 2 rings (SSSR count). The van der Waals surface area contributed by atoms with Gasteiger partial charge in [0.2, 0.25) is 0 Å². The van der Waals surface area contributed by atoms with Crippen molar-refractivity contribution in [3.05, 3.63) is 29.8 Å². The summed E-state index contributed by atoms with van der Waals surface area (Å²) in [5.74, 6) is 0. The molecule has 0 aliphatic carbocycles. The molecular formula is C13H20N2. The largest absolute Gasteiger partial charge is 0.369 e. The smallest absolute Gasteiger partial charge is 0.0367 e. The second kappa shape index (κ2) is 4.67. The predicted octanol–water partition coefficient (Wildman–Crippen LogP) is 2.05. The molecule has 0 bridgehead atoms. The summed E-state index contributed by atoms with van der Waals surface area (Å²) in [5.41, 5.74) is 2.78. The highest BCUT2D eigenvalue weighted by Crippen LogP contribution is 2.17. The summed E-state index contributed by atoms with van der Waals surface area (Å²) in [6, 6.07) is 9.57. The van der Waals surface area contributed by atoms with E-state index in [4.69, 9.17) is 0 Å². The zero-order valence-electron chi connectivity index (χ0n) is 9.66. The van der Waals surface area contributed by atoms with E-state index in [1.807, 2.05) is 0 Å². The van der Waals surface area contributed by atoms with Gasteiger partial charge in [0, 0.05) is 31.4 Å². The van der Waals surface area contributed by atoms with Crippen LogP contribution in [0.5, 0.6) is 0 Å². The summed E-state index contributed by atoms with van der Waals surface area (Å²) in [6.45, 7) is 7.77. The highest BCUT2D eigenvalue weighted by atomic mass is 15.2. The second-order valence-corrected chi connectivity index (χ2v) is 4.32. The van der Waals surface area contributed by atoms with E-state index in [-0.39, 0.29) is 0 Å². The van der Waals surface area contributed by atoms with Crippen molar-refractivity contribution in [1.29, 1.82) is 0 Å². The fourth-order valence-corrected chi connectivity index (χ4v) is 2.11. The minimum Gasteiger partial charge on any atom is -0.369 e. The van der Waals surface area contributed by atoms with Crippen LogP contribution in [0.15, 0.2) is 24.3 Å². The van der Waals surface area contributed by atoms with Crippen LogP contribution in [0.4, 0.5) is 5.69 Å². The van der Waals surface area contributed by atoms with E-state index in [2.05, 4.69) is 48.3 Å². The van der Waals surface area contributed by atoms with Gasteiger partial charge < -0.3 is 10.2 Å². The topological polar surface area (TPSA) is 15.3 Å². The Morgan fingerprint density at radius 3 is 2.67 bits per heavy atom. The number of nitrogens with one attached hydrogen (secondary N) is 1. The molecule has 0 saturated carbocycles. The molecule has 1 N–H and O–H groups in total. The summed E-state index contributed by atoms with van der Waals surface area (Å²) in [5, 5.41) is 3.46. The molecular weight excluding hydrogens is 184 g/mol. The number of hydrogen-bond acceptors (Lipinski definition) is 2. The molecule has 1 aromatic rings. The van der Waals surface area contributed by atoms with Crippen molar-refractivity contribution in [2.24, 2.45) is 0 Å². The van der Waals surface area contributed by atoms with Gasteiger partial charge in [0.05, 0.1) is 0 Å². The van der Waals surface area contributed by atoms with Crippen molar-refractivity contribution in [3.8, 4) is 0 Å². The van der Waals surface area contributed by atoms with Gasteiger partial charge in [-0.25, -0.2) is 0 Å². The highest BCUT2D eigenvalue weighted by molar-refractivity contribution is 5.48. The lowest BCUT2D eigenvalue weighted by molar-refractivity contribution is 0.485. The molecule has 82 valence electrons. The molecule has 1 aliphatic rings. The fraction of sp³-hybridized carbons (Fsp3) is 0.538. The fourth-order valence-electron chi connectivity index (χ4n) is 2.11. The van der Waals surface area contributed by atoms with Crippen LogP contribution in [-0.4, -0.2) is 25.7 Å². The standard InChI is InChI=1S/C13H20N2/c1-3-12-4-6-13(7-5-12)15-9-8-14-11(2)10-15/h4-7,11,14H,3,8-10H2,1-2H3/t11-/m1/s1. The average molecular weight is 204 g/mol. The number of piperazine rings is 1. The SMILES string of the molecule is CCc1ccc(N2CCN[C@H](C)C2)cc1. The zero-order chi connectivity index (χ0) is 10.7. The summed E-state index contributed by atoms with van der Waals surface area (Å²) in [6.07, 6.45) is 1.12. The molecule has 1 fully saturated rings. The van der Waals surface area contributed by atoms with E-state index in [0.29, 0.717) is 6.04 Å². The Morgan fingerprint density at radius 2 is 2.07 bits per heavy atom. The molecule has 2 heteroatoms. The van der Waals surface area contributed by atoms with E-state index in [0.717, 1.165) is 26.1 Å². The molecule has 2 nitrogen and oxygen atoms in total. The first kappa shape index (κ1) is 10.5.